The topological polar surface area (TPSA) is 80.8 Å². The van der Waals surface area contributed by atoms with E-state index in [-0.39, 0.29) is 0 Å². The van der Waals surface area contributed by atoms with Crippen LogP contribution >= 0.6 is 0 Å². The molecule has 0 bridgehead atoms. The van der Waals surface area contributed by atoms with Crippen molar-refractivity contribution in [3.63, 3.8) is 0 Å². The third kappa shape index (κ3) is 2.47. The molecule has 88 valence electrons. The molecule has 2 aromatic heterocycles. The fraction of sp³-hybridized carbons (Fsp3) is 0.273. The first-order valence-electron chi connectivity index (χ1n) is 5.22. The molecule has 2 rings (SSSR count). The van der Waals surface area contributed by atoms with E-state index in [1.165, 1.54) is 6.33 Å². The molecule has 17 heavy (non-hydrogen) atoms. The first-order chi connectivity index (χ1) is 8.20. The van der Waals surface area contributed by atoms with Gasteiger partial charge in [-0.25, -0.2) is 14.8 Å². The van der Waals surface area contributed by atoms with Gasteiger partial charge in [0, 0.05) is 11.8 Å². The van der Waals surface area contributed by atoms with E-state index in [0.717, 1.165) is 5.69 Å². The molecule has 2 heterocycles. The van der Waals surface area contributed by atoms with E-state index >= 15 is 0 Å². The zero-order valence-corrected chi connectivity index (χ0v) is 9.60. The van der Waals surface area contributed by atoms with Gasteiger partial charge in [-0.1, -0.05) is 0 Å². The highest BCUT2D eigenvalue weighted by Gasteiger charge is 2.12. The first-order valence-corrected chi connectivity index (χ1v) is 5.22. The van der Waals surface area contributed by atoms with Crippen LogP contribution in [0.5, 0.6) is 0 Å². The van der Waals surface area contributed by atoms with Crippen LogP contribution in [-0.4, -0.2) is 32.7 Å². The van der Waals surface area contributed by atoms with E-state index in [9.17, 15) is 4.79 Å². The van der Waals surface area contributed by atoms with Crippen LogP contribution in [0.15, 0.2) is 18.5 Å². The number of H-pyrrole nitrogens is 1. The van der Waals surface area contributed by atoms with Crippen LogP contribution in [0.25, 0.3) is 11.4 Å². The average molecular weight is 232 g/mol. The summed E-state index contributed by atoms with van der Waals surface area (Å²) in [4.78, 5) is 19.5. The van der Waals surface area contributed by atoms with Crippen LogP contribution in [0.2, 0.25) is 0 Å². The highest BCUT2D eigenvalue weighted by Crippen LogP contribution is 2.15. The van der Waals surface area contributed by atoms with Gasteiger partial charge in [-0.05, 0) is 19.9 Å². The molecule has 0 spiro atoms. The molecule has 0 saturated heterocycles. The molecule has 6 nitrogen and oxygen atoms in total. The van der Waals surface area contributed by atoms with Crippen molar-refractivity contribution in [2.45, 2.75) is 13.8 Å². The van der Waals surface area contributed by atoms with Gasteiger partial charge in [0.15, 0.2) is 0 Å². The predicted octanol–water partition coefficient (Wildman–Crippen LogP) is 1.35. The standard InChI is InChI=1S/C11H12N4O2/c1-3-17-11(16)10-5-9(14-15-10)8-4-7(2)12-6-13-8/h4-6H,3H2,1-2H3,(H,14,15). The van der Waals surface area contributed by atoms with E-state index < -0.39 is 5.97 Å². The number of rotatable bonds is 3. The van der Waals surface area contributed by atoms with Crippen LogP contribution in [-0.2, 0) is 4.74 Å². The summed E-state index contributed by atoms with van der Waals surface area (Å²) in [7, 11) is 0. The summed E-state index contributed by atoms with van der Waals surface area (Å²) in [5.41, 5.74) is 2.43. The molecule has 0 amide bonds. The van der Waals surface area contributed by atoms with Gasteiger partial charge < -0.3 is 4.74 Å². The number of carbonyl (C=O) groups excluding carboxylic acids is 1. The number of aromatic nitrogens is 4. The Labute approximate surface area is 98.1 Å². The largest absolute Gasteiger partial charge is 0.461 e. The molecule has 0 radical (unpaired) electrons. The Morgan fingerprint density at radius 2 is 2.18 bits per heavy atom. The summed E-state index contributed by atoms with van der Waals surface area (Å²) in [6, 6.07) is 3.41. The second-order valence-corrected chi connectivity index (χ2v) is 3.43. The fourth-order valence-electron chi connectivity index (χ4n) is 1.36. The lowest BCUT2D eigenvalue weighted by Crippen LogP contribution is -2.04. The summed E-state index contributed by atoms with van der Waals surface area (Å²) >= 11 is 0. The zero-order valence-electron chi connectivity index (χ0n) is 9.60. The zero-order chi connectivity index (χ0) is 12.3. The molecular formula is C11H12N4O2. The van der Waals surface area contributed by atoms with E-state index in [2.05, 4.69) is 20.2 Å². The number of nitrogens with one attached hydrogen (secondary N) is 1. The molecule has 6 heteroatoms. The van der Waals surface area contributed by atoms with Crippen molar-refractivity contribution in [1.82, 2.24) is 20.2 Å². The number of aromatic amines is 1. The molecule has 0 aromatic carbocycles. The number of ether oxygens (including phenoxy) is 1. The van der Waals surface area contributed by atoms with Crippen molar-refractivity contribution in [1.29, 1.82) is 0 Å². The van der Waals surface area contributed by atoms with Gasteiger partial charge in [-0.15, -0.1) is 0 Å². The number of esters is 1. The van der Waals surface area contributed by atoms with E-state index in [4.69, 9.17) is 4.74 Å². The third-order valence-electron chi connectivity index (χ3n) is 2.14. The summed E-state index contributed by atoms with van der Waals surface area (Å²) in [6.07, 6.45) is 1.46. The van der Waals surface area contributed by atoms with Crippen LogP contribution in [0.4, 0.5) is 0 Å². The molecule has 0 aliphatic carbocycles. The highest BCUT2D eigenvalue weighted by atomic mass is 16.5. The lowest BCUT2D eigenvalue weighted by atomic mass is 10.2. The van der Waals surface area contributed by atoms with Crippen molar-refractivity contribution >= 4 is 5.97 Å². The second-order valence-electron chi connectivity index (χ2n) is 3.43. The maximum absolute atomic E-state index is 11.4. The van der Waals surface area contributed by atoms with E-state index in [1.807, 2.05) is 6.92 Å². The lowest BCUT2D eigenvalue weighted by molar-refractivity contribution is 0.0519. The van der Waals surface area contributed by atoms with Gasteiger partial charge in [0.1, 0.15) is 17.7 Å². The van der Waals surface area contributed by atoms with Crippen LogP contribution in [0.3, 0.4) is 0 Å². The Morgan fingerprint density at radius 1 is 1.35 bits per heavy atom. The summed E-state index contributed by atoms with van der Waals surface area (Å²) in [6.45, 7) is 3.95. The molecule has 1 N–H and O–H groups in total. The van der Waals surface area contributed by atoms with Crippen molar-refractivity contribution in [3.8, 4) is 11.4 Å². The molecular weight excluding hydrogens is 220 g/mol. The smallest absolute Gasteiger partial charge is 0.356 e. The summed E-state index contributed by atoms with van der Waals surface area (Å²) in [5, 5.41) is 6.64. The summed E-state index contributed by atoms with van der Waals surface area (Å²) < 4.78 is 4.86. The quantitative estimate of drug-likeness (QED) is 0.808. The SMILES string of the molecule is CCOC(=O)c1cc(-c2cc(C)ncn2)n[nH]1. The van der Waals surface area contributed by atoms with Crippen molar-refractivity contribution in [2.75, 3.05) is 6.61 Å². The Hall–Kier alpha value is -2.24. The number of aryl methyl sites for hydroxylation is 1. The maximum Gasteiger partial charge on any atom is 0.356 e. The number of hydrogen-bond acceptors (Lipinski definition) is 5. The van der Waals surface area contributed by atoms with Crippen LogP contribution in [0.1, 0.15) is 23.1 Å². The Kier molecular flexibility index (Phi) is 3.13. The van der Waals surface area contributed by atoms with E-state index in [1.54, 1.807) is 19.1 Å². The van der Waals surface area contributed by atoms with Gasteiger partial charge in [-0.3, -0.25) is 5.10 Å². The van der Waals surface area contributed by atoms with Crippen LogP contribution < -0.4 is 0 Å². The lowest BCUT2D eigenvalue weighted by Gasteiger charge is -1.96. The fourth-order valence-corrected chi connectivity index (χ4v) is 1.36. The van der Waals surface area contributed by atoms with Crippen molar-refractivity contribution < 1.29 is 9.53 Å². The highest BCUT2D eigenvalue weighted by molar-refractivity contribution is 5.88. The van der Waals surface area contributed by atoms with Crippen LogP contribution in [0, 0.1) is 6.92 Å². The third-order valence-corrected chi connectivity index (χ3v) is 2.14. The Morgan fingerprint density at radius 3 is 2.88 bits per heavy atom. The molecule has 0 aliphatic rings. The Bertz CT molecular complexity index is 536. The molecule has 0 aliphatic heterocycles. The van der Waals surface area contributed by atoms with Crippen molar-refractivity contribution in [3.05, 3.63) is 29.8 Å². The van der Waals surface area contributed by atoms with Gasteiger partial charge in [0.05, 0.1) is 12.3 Å². The normalized spacial score (nSPS) is 10.2. The predicted molar refractivity (Wildman–Crippen MR) is 60.3 cm³/mol. The maximum atomic E-state index is 11.4. The first kappa shape index (κ1) is 11.3. The summed E-state index contributed by atoms with van der Waals surface area (Å²) in [5.74, 6) is -0.419. The van der Waals surface area contributed by atoms with Gasteiger partial charge in [-0.2, -0.15) is 5.10 Å². The number of nitrogens with zero attached hydrogens (tertiary/aromatic N) is 3. The van der Waals surface area contributed by atoms with E-state index in [0.29, 0.717) is 23.7 Å². The molecule has 0 unspecified atom stereocenters. The minimum atomic E-state index is -0.419. The van der Waals surface area contributed by atoms with Gasteiger partial charge in [0.2, 0.25) is 0 Å². The molecule has 0 atom stereocenters. The second kappa shape index (κ2) is 4.73. The van der Waals surface area contributed by atoms with Gasteiger partial charge in [0.25, 0.3) is 0 Å². The molecule has 0 fully saturated rings. The molecule has 2 aromatic rings. The Balaban J connectivity index is 2.27. The van der Waals surface area contributed by atoms with Gasteiger partial charge >= 0.3 is 5.97 Å². The minimum absolute atomic E-state index is 0.318. The average Bonchev–Trinajstić information content (AvgIpc) is 2.78. The number of carbonyl (C=O) groups is 1. The minimum Gasteiger partial charge on any atom is -0.461 e. The monoisotopic (exact) mass is 232 g/mol. The molecule has 0 saturated carbocycles. The van der Waals surface area contributed by atoms with Crippen molar-refractivity contribution in [2.24, 2.45) is 0 Å². The number of hydrogen-bond donors (Lipinski definition) is 1.